The van der Waals surface area contributed by atoms with E-state index in [9.17, 15) is 66.4 Å². The number of carbonyl (C=O) groups excluding carboxylic acids is 6. The van der Waals surface area contributed by atoms with E-state index in [0.29, 0.717) is 95.7 Å². The number of piperidine rings is 1. The third kappa shape index (κ3) is 53.2. The quantitative estimate of drug-likeness (QED) is 0.0339. The molecule has 2 saturated carbocycles. The number of fused-ring (bicyclic) bond motifs is 6. The first-order valence-corrected chi connectivity index (χ1v) is 44.7. The van der Waals surface area contributed by atoms with Crippen LogP contribution in [0.5, 0.6) is 0 Å². The molecule has 11 fully saturated rings. The Kier molecular flexibility index (Phi) is 54.7. The number of rotatable bonds is 10. The van der Waals surface area contributed by atoms with Crippen LogP contribution < -0.4 is 21.7 Å². The van der Waals surface area contributed by atoms with Crippen LogP contribution >= 0.6 is 71.0 Å². The standard InChI is InChI=1S/C12H23NO5S.C11H19F2NO2.C11H19NO3.C10H16ClNO2.C7H13N.C6H11F2N.C6H13NO.C6H11N.C4H10F3NO2S.C3H4Cl2O2.2ClH/c1-12(2,3)17-11(14)13-9-5-7-10(8-6-9)18-19(4,15)16;1-10(2,3)16-9(15)14-7-4-5-11(12,13)6-8-14;1-11(2,3)15-10(14)12-7-4-5-9(13)6-8-12;1-7(11)14-10(13)12-8-3-2-4-9(12)6-5-8;1-8-6-2-3-7(8)5-4-6;7-6(8)2-1-4-9-5-3-6;7-5-1-3-6(8)4-2-5;1-2-6-4-3-5(1)7-6;1-9-3-8(4-10-2)11(5,6)7;1-2(4)7-3(5)6;;/h9-10H,5-8H2,1-4H3,(H,13,14);4-8H2,1-3H3;4-8H2,1-3H3;7-9H,2-6H2,1H3;6-7H,2-5H2,1H3;9H,1-5H2;5-6,8H,1-4,7H2;5-7H,1-4H2;3-4H2,1-2H3;2H,1H3;2*1H. The van der Waals surface area contributed by atoms with Crippen LogP contribution in [0.25, 0.3) is 0 Å². The fourth-order valence-electron chi connectivity index (χ4n) is 14.3. The van der Waals surface area contributed by atoms with E-state index in [1.807, 2.05) is 46.4 Å². The Morgan fingerprint density at radius 3 is 1.42 bits per heavy atom. The van der Waals surface area contributed by atoms with Crippen LogP contribution in [0.3, 0.4) is 0 Å². The minimum atomic E-state index is -5.21. The molecule has 6 N–H and O–H groups in total. The lowest BCUT2D eigenvalue weighted by molar-refractivity contribution is -0.118. The lowest BCUT2D eigenvalue weighted by Crippen LogP contribution is -2.44. The molecule has 0 spiro atoms. The molecule has 11 aliphatic rings. The molecule has 9 aliphatic heterocycles. The molecule has 4 atom stereocenters. The van der Waals surface area contributed by atoms with Gasteiger partial charge in [0, 0.05) is 145 Å². The van der Waals surface area contributed by atoms with E-state index in [4.69, 9.17) is 68.8 Å². The van der Waals surface area contributed by atoms with Gasteiger partial charge in [-0.25, -0.2) is 41.5 Å². The van der Waals surface area contributed by atoms with E-state index in [1.54, 1.807) is 32.6 Å². The van der Waals surface area contributed by atoms with Crippen LogP contribution in [0.2, 0.25) is 0 Å². The van der Waals surface area contributed by atoms with Gasteiger partial charge in [-0.05, 0) is 244 Å². The van der Waals surface area contributed by atoms with E-state index in [-0.39, 0.29) is 97.6 Å². The zero-order valence-electron chi connectivity index (χ0n) is 71.0. The Balaban J connectivity index is 0.00000128. The van der Waals surface area contributed by atoms with Crippen molar-refractivity contribution in [2.24, 2.45) is 5.73 Å². The van der Waals surface area contributed by atoms with Crippen molar-refractivity contribution in [3.05, 3.63) is 0 Å². The molecule has 9 heterocycles. The minimum Gasteiger partial charge on any atom is -0.444 e. The summed E-state index contributed by atoms with van der Waals surface area (Å²) in [6.45, 7) is 21.2. The number of hydrogen-bond acceptors (Lipinski definition) is 22. The van der Waals surface area contributed by atoms with Gasteiger partial charge in [-0.1, -0.05) is 23.2 Å². The number of aliphatic hydroxyl groups excluding tert-OH is 1. The SMILES string of the molecule is C1CC2CCC1N2.CC(C)(C)OC(=O)N1CCCC(=O)CC1.CC(C)(C)OC(=O)N1CCCC(F)(F)CC1.CC(C)(C)OC(=O)NC1CCC(OS(C)(=O)=O)CC1.CC(Cl)OC(=O)Cl.CC(Cl)OC(=O)N1C2CCCC1CC2.CN1C2CCC1CC2.COCN(COC)S(F)(F)F.Cl.Cl.FC1(F)CCCNCC1.NC1CCC(O)CC1. The maximum absolute atomic E-state index is 13.1. The number of alkyl carbamates (subject to hydrolysis) is 1. The number of ketones is 1. The van der Waals surface area contributed by atoms with Crippen molar-refractivity contribution < 1.29 is 109 Å². The number of Topliss-reactive ketones (excluding diaryl/α,β-unsaturated/α-hetero) is 1. The predicted molar refractivity (Wildman–Crippen MR) is 445 cm³/mol. The highest BCUT2D eigenvalue weighted by Crippen LogP contribution is 2.56. The summed E-state index contributed by atoms with van der Waals surface area (Å²) in [4.78, 5) is 74.9. The van der Waals surface area contributed by atoms with Gasteiger partial charge < -0.3 is 79.5 Å². The molecule has 116 heavy (non-hydrogen) atoms. The zero-order chi connectivity index (χ0) is 86.4. The van der Waals surface area contributed by atoms with E-state index < -0.39 is 92.3 Å². The first-order valence-electron chi connectivity index (χ1n) is 40.3. The molecule has 2 aliphatic carbocycles. The molecule has 40 heteroatoms. The van der Waals surface area contributed by atoms with Crippen molar-refractivity contribution in [3.63, 3.8) is 0 Å². The van der Waals surface area contributed by atoms with Crippen LogP contribution in [0.1, 0.15) is 269 Å². The Morgan fingerprint density at radius 2 is 1.03 bits per heavy atom. The Bertz CT molecular complexity index is 2820. The van der Waals surface area contributed by atoms with Crippen molar-refractivity contribution in [1.82, 2.24) is 39.9 Å². The molecule has 0 aromatic rings. The van der Waals surface area contributed by atoms with Crippen molar-refractivity contribution in [2.75, 3.05) is 80.3 Å². The molecular weight excluding hydrogens is 1690 g/mol. The smallest absolute Gasteiger partial charge is 0.411 e. The van der Waals surface area contributed by atoms with E-state index in [2.05, 4.69) is 42.1 Å². The normalized spacial score (nSPS) is 26.4. The monoisotopic (exact) mass is 1820 g/mol. The number of alkyl halides is 6. The lowest BCUT2D eigenvalue weighted by atomic mass is 9.93. The Labute approximate surface area is 716 Å². The third-order valence-electron chi connectivity index (χ3n) is 19.9. The van der Waals surface area contributed by atoms with E-state index in [0.717, 1.165) is 94.8 Å². The lowest BCUT2D eigenvalue weighted by Gasteiger charge is -2.34. The van der Waals surface area contributed by atoms with Gasteiger partial charge in [0.05, 0.1) is 18.5 Å². The van der Waals surface area contributed by atoms with Gasteiger partial charge in [0.25, 0.3) is 21.5 Å². The number of carbonyl (C=O) groups is 6. The van der Waals surface area contributed by atoms with Gasteiger partial charge in [0.1, 0.15) is 36.0 Å². The molecule has 0 aromatic heterocycles. The van der Waals surface area contributed by atoms with Gasteiger partial charge in [0.15, 0.2) is 11.1 Å². The second-order valence-corrected chi connectivity index (χ2v) is 38.0. The number of halogens is 12. The summed E-state index contributed by atoms with van der Waals surface area (Å²) in [6.07, 6.45) is 25.5. The molecule has 688 valence electrons. The first kappa shape index (κ1) is 113. The Morgan fingerprint density at radius 1 is 0.586 bits per heavy atom. The molecule has 26 nitrogen and oxygen atoms in total. The molecule has 0 aromatic carbocycles. The topological polar surface area (TPSA) is 309 Å². The summed E-state index contributed by atoms with van der Waals surface area (Å²) < 4.78 is 147. The second-order valence-electron chi connectivity index (χ2n) is 33.6. The summed E-state index contributed by atoms with van der Waals surface area (Å²) in [5.41, 5.74) is 2.00. The number of nitrogens with one attached hydrogen (secondary N) is 3. The number of amides is 4. The largest absolute Gasteiger partial charge is 0.444 e. The first-order chi connectivity index (χ1) is 52.8. The number of aliphatic hydroxyl groups is 1. The highest BCUT2D eigenvalue weighted by atomic mass is 35.5. The molecular formula is C76H141Cl5F7N9O17S2. The molecule has 4 unspecified atom stereocenters. The number of methoxy groups -OCH3 is 2. The van der Waals surface area contributed by atoms with Crippen molar-refractivity contribution in [1.29, 1.82) is 0 Å². The Hall–Kier alpha value is -2.88. The van der Waals surface area contributed by atoms with Crippen LogP contribution in [-0.4, -0.2) is 254 Å². The van der Waals surface area contributed by atoms with Crippen molar-refractivity contribution in [2.45, 2.75) is 369 Å². The average Bonchev–Trinajstić information content (AvgIpc) is 1.67. The second kappa shape index (κ2) is 56.1. The fraction of sp³-hybridized carbons (Fsp3) is 0.921. The summed E-state index contributed by atoms with van der Waals surface area (Å²) in [6, 6.07) is 5.00. The third-order valence-corrected chi connectivity index (χ3v) is 21.5. The van der Waals surface area contributed by atoms with Crippen molar-refractivity contribution in [3.8, 4) is 0 Å². The van der Waals surface area contributed by atoms with Gasteiger partial charge in [0.2, 0.25) is 11.8 Å². The summed E-state index contributed by atoms with van der Waals surface area (Å²) in [5, 5.41) is 18.2. The average molecular weight is 1830 g/mol. The van der Waals surface area contributed by atoms with Gasteiger partial charge in [-0.3, -0.25) is 8.98 Å². The molecule has 6 bridgehead atoms. The predicted octanol–water partition coefficient (Wildman–Crippen LogP) is 18.0. The number of nitrogens with two attached hydrogens (primary N) is 1. The fourth-order valence-corrected chi connectivity index (χ4v) is 15.8. The summed E-state index contributed by atoms with van der Waals surface area (Å²) in [5.74, 6) is -4.80. The van der Waals surface area contributed by atoms with Gasteiger partial charge in [-0.2, -0.15) is 8.42 Å². The highest BCUT2D eigenvalue weighted by Gasteiger charge is 2.42. The maximum atomic E-state index is 13.1. The van der Waals surface area contributed by atoms with Gasteiger partial charge >= 0.3 is 29.8 Å². The van der Waals surface area contributed by atoms with Crippen LogP contribution in [-0.2, 0) is 52.3 Å². The van der Waals surface area contributed by atoms with Crippen LogP contribution in [0.15, 0.2) is 0 Å². The van der Waals surface area contributed by atoms with E-state index >= 15 is 0 Å². The number of likely N-dealkylation sites (tertiary alicyclic amines) is 2. The number of nitrogens with zero attached hydrogens (tertiary/aromatic N) is 5. The minimum absolute atomic E-state index is 0. The zero-order valence-corrected chi connectivity index (χ0v) is 76.5. The molecule has 0 radical (unpaired) electrons. The summed E-state index contributed by atoms with van der Waals surface area (Å²) in [7, 11) is 1.28. The maximum Gasteiger partial charge on any atom is 0.411 e. The van der Waals surface area contributed by atoms with Crippen LogP contribution in [0, 0.1) is 0 Å². The molecule has 11 rings (SSSR count). The summed E-state index contributed by atoms with van der Waals surface area (Å²) >= 11 is 10.3. The van der Waals surface area contributed by atoms with Crippen molar-refractivity contribution >= 4 is 117 Å². The van der Waals surface area contributed by atoms with Gasteiger partial charge in [-0.15, -0.1) is 40.8 Å². The highest BCUT2D eigenvalue weighted by molar-refractivity contribution is 8.18. The van der Waals surface area contributed by atoms with Crippen LogP contribution in [0.4, 0.5) is 53.2 Å². The van der Waals surface area contributed by atoms with E-state index in [1.165, 1.54) is 83.8 Å². The molecule has 9 saturated heterocycles. The number of ether oxygens (including phenoxy) is 7. The number of hydrogen-bond donors (Lipinski definition) is 5. The molecule has 4 amide bonds.